The molecule has 0 heterocycles. The normalized spacial score (nSPS) is 36.0. The second kappa shape index (κ2) is 18.7. The van der Waals surface area contributed by atoms with Gasteiger partial charge < -0.3 is 16.8 Å². The molecule has 0 amide bonds. The monoisotopic (exact) mass is 788 g/mol. The van der Waals surface area contributed by atoms with Gasteiger partial charge in [-0.2, -0.15) is 0 Å². The molecule has 0 spiro atoms. The maximum atomic E-state index is 7.38. The van der Waals surface area contributed by atoms with Gasteiger partial charge in [-0.15, -0.1) is 0 Å². The maximum absolute atomic E-state index is 7.38. The molecule has 0 aromatic heterocycles. The topological polar surface area (TPSA) is 64.1 Å². The molecular formula is C55H85N3. The second-order valence-electron chi connectivity index (χ2n) is 22.6. The van der Waals surface area contributed by atoms with Crippen LogP contribution in [0.4, 0.5) is 0 Å². The quantitative estimate of drug-likeness (QED) is 0.153. The van der Waals surface area contributed by atoms with Crippen LogP contribution in [0.2, 0.25) is 0 Å². The predicted octanol–water partition coefficient (Wildman–Crippen LogP) is 14.1. The lowest BCUT2D eigenvalue weighted by Gasteiger charge is -2.40. The molecule has 3 nitrogen and oxygen atoms in total. The van der Waals surface area contributed by atoms with Gasteiger partial charge in [0.15, 0.2) is 0 Å². The lowest BCUT2D eigenvalue weighted by atomic mass is 9.68. The van der Waals surface area contributed by atoms with E-state index in [9.17, 15) is 0 Å². The molecule has 58 heavy (non-hydrogen) atoms. The van der Waals surface area contributed by atoms with Crippen molar-refractivity contribution in [2.75, 3.05) is 0 Å². The van der Waals surface area contributed by atoms with Gasteiger partial charge in [-0.3, -0.25) is 0 Å². The van der Waals surface area contributed by atoms with E-state index in [-0.39, 0.29) is 17.5 Å². The Kier molecular flexibility index (Phi) is 14.1. The maximum Gasteiger partial charge on any atom is 0.0648 e. The smallest absolute Gasteiger partial charge is 0.0648 e. The summed E-state index contributed by atoms with van der Waals surface area (Å²) in [7, 11) is 0. The van der Waals surface area contributed by atoms with Crippen LogP contribution in [0.1, 0.15) is 183 Å². The van der Waals surface area contributed by atoms with E-state index in [1.807, 2.05) is 0 Å². The Morgan fingerprint density at radius 2 is 1.53 bits per heavy atom. The van der Waals surface area contributed by atoms with E-state index in [1.54, 1.807) is 11.1 Å². The lowest BCUT2D eigenvalue weighted by Crippen LogP contribution is -2.37. The first-order valence-corrected chi connectivity index (χ1v) is 24.6. The lowest BCUT2D eigenvalue weighted by molar-refractivity contribution is 0.216. The standard InChI is InChI=1S/C55H85N3/c1-8-55(35-34-41-14-9-11-18-49(41)55)52(58-47-31-24-39(25-32-47)38-20-27-45(28-21-38)53(2,3)4)37-44(17-13-16-42-15-10-12-19-50(42)56)48-33-26-43(36-51(48)57)40-22-29-46(30-23-40)54(5,6)7/h11,13,16,18,20,22,26,31,39,41-42,45-46,48-51,58H,8-10,12,14-15,17,19,21,23-25,27-30,32-36,56-57H2,1-7H3/b16-13-. The predicted molar refractivity (Wildman–Crippen MR) is 249 cm³/mol. The van der Waals surface area contributed by atoms with E-state index in [1.165, 1.54) is 119 Å². The summed E-state index contributed by atoms with van der Waals surface area (Å²) < 4.78 is 0. The largest absolute Gasteiger partial charge is 0.356 e. The van der Waals surface area contributed by atoms with Crippen molar-refractivity contribution < 1.29 is 0 Å². The summed E-state index contributed by atoms with van der Waals surface area (Å²) in [6, 6.07) is 0.396. The number of hydrogen-bond acceptors (Lipinski definition) is 3. The number of fused-ring (bicyclic) bond motifs is 1. The van der Waals surface area contributed by atoms with Crippen molar-refractivity contribution in [3.63, 3.8) is 0 Å². The zero-order chi connectivity index (χ0) is 41.1. The van der Waals surface area contributed by atoms with Gasteiger partial charge in [-0.1, -0.05) is 121 Å². The van der Waals surface area contributed by atoms with Gasteiger partial charge in [0.1, 0.15) is 0 Å². The average molecular weight is 788 g/mol. The Bertz CT molecular complexity index is 1690. The van der Waals surface area contributed by atoms with Crippen LogP contribution in [0.3, 0.4) is 0 Å². The number of nitrogens with one attached hydrogen (secondary N) is 1. The molecule has 10 atom stereocenters. The first-order chi connectivity index (χ1) is 27.7. The molecule has 2 saturated carbocycles. The molecule has 5 N–H and O–H groups in total. The van der Waals surface area contributed by atoms with Gasteiger partial charge in [0, 0.05) is 29.1 Å². The first kappa shape index (κ1) is 43.8. The van der Waals surface area contributed by atoms with E-state index >= 15 is 0 Å². The fourth-order valence-corrected chi connectivity index (χ4v) is 12.8. The first-order valence-electron chi connectivity index (χ1n) is 24.6. The summed E-state index contributed by atoms with van der Waals surface area (Å²) in [6.07, 6.45) is 45.8. The summed E-state index contributed by atoms with van der Waals surface area (Å²) >= 11 is 0. The van der Waals surface area contributed by atoms with Crippen molar-refractivity contribution in [3.8, 4) is 0 Å². The van der Waals surface area contributed by atoms with E-state index in [0.717, 1.165) is 56.3 Å². The Morgan fingerprint density at radius 3 is 2.17 bits per heavy atom. The van der Waals surface area contributed by atoms with Crippen LogP contribution in [-0.4, -0.2) is 12.1 Å². The fraction of sp³-hybridized carbons (Fsp3) is 0.727. The molecule has 0 aromatic carbocycles. The highest BCUT2D eigenvalue weighted by atomic mass is 14.9. The molecule has 3 heteroatoms. The summed E-state index contributed by atoms with van der Waals surface area (Å²) in [4.78, 5) is 0. The fourth-order valence-electron chi connectivity index (χ4n) is 12.8. The molecule has 0 saturated heterocycles. The zero-order valence-electron chi connectivity index (χ0n) is 38.3. The third-order valence-corrected chi connectivity index (χ3v) is 17.1. The highest BCUT2D eigenvalue weighted by Crippen LogP contribution is 2.57. The molecule has 0 bridgehead atoms. The minimum atomic E-state index is 0.0874. The molecule has 7 rings (SSSR count). The molecule has 10 unspecified atom stereocenters. The second-order valence-corrected chi connectivity index (χ2v) is 22.6. The summed E-state index contributed by atoms with van der Waals surface area (Å²) in [5.74, 6) is 4.44. The van der Waals surface area contributed by atoms with Crippen LogP contribution in [0.25, 0.3) is 0 Å². The number of rotatable bonds is 10. The molecule has 320 valence electrons. The van der Waals surface area contributed by atoms with Gasteiger partial charge in [0.2, 0.25) is 0 Å². The van der Waals surface area contributed by atoms with E-state index in [2.05, 4.69) is 108 Å². The van der Waals surface area contributed by atoms with Crippen molar-refractivity contribution in [1.29, 1.82) is 0 Å². The SMILES string of the molecule is CCC1(C(=C=C(C/C=C\C2CCCCC2N)C2CC=C(C3=CCC(C(C)(C)C)CC3)CC2N)NC2=CCC(C3=CCC(C(C)(C)C)CC3)CC2)CCC2CCC=CC21. The van der Waals surface area contributed by atoms with Crippen LogP contribution in [-0.2, 0) is 0 Å². The third kappa shape index (κ3) is 10.1. The van der Waals surface area contributed by atoms with Crippen LogP contribution >= 0.6 is 0 Å². The highest BCUT2D eigenvalue weighted by Gasteiger charge is 2.49. The van der Waals surface area contributed by atoms with Gasteiger partial charge in [0.05, 0.1) is 5.70 Å². The number of nitrogens with two attached hydrogens (primary N) is 2. The average Bonchev–Trinajstić information content (AvgIpc) is 3.60. The van der Waals surface area contributed by atoms with Gasteiger partial charge in [0.25, 0.3) is 0 Å². The summed E-state index contributed by atoms with van der Waals surface area (Å²) in [5, 5.41) is 4.26. The number of allylic oxidation sites excluding steroid dienone is 10. The van der Waals surface area contributed by atoms with E-state index < -0.39 is 0 Å². The van der Waals surface area contributed by atoms with Gasteiger partial charge in [-0.25, -0.2) is 0 Å². The van der Waals surface area contributed by atoms with E-state index in [4.69, 9.17) is 11.5 Å². The summed E-state index contributed by atoms with van der Waals surface area (Å²) in [6.45, 7) is 17.0. The molecule has 0 aromatic rings. The van der Waals surface area contributed by atoms with Crippen LogP contribution in [0.15, 0.2) is 88.0 Å². The molecular weight excluding hydrogens is 703 g/mol. The summed E-state index contributed by atoms with van der Waals surface area (Å²) in [5.41, 5.74) is 28.4. The van der Waals surface area contributed by atoms with Gasteiger partial charge >= 0.3 is 0 Å². The van der Waals surface area contributed by atoms with Crippen LogP contribution in [0.5, 0.6) is 0 Å². The Labute approximate surface area is 356 Å². The van der Waals surface area contributed by atoms with E-state index in [0.29, 0.717) is 34.5 Å². The minimum absolute atomic E-state index is 0.0874. The third-order valence-electron chi connectivity index (χ3n) is 17.1. The highest BCUT2D eigenvalue weighted by molar-refractivity contribution is 5.37. The molecule has 7 aliphatic carbocycles. The Morgan fingerprint density at radius 1 is 0.793 bits per heavy atom. The van der Waals surface area contributed by atoms with Gasteiger partial charge in [-0.05, 0) is 185 Å². The Hall–Kier alpha value is -2.32. The van der Waals surface area contributed by atoms with Crippen molar-refractivity contribution in [1.82, 2.24) is 5.32 Å². The number of hydrogen-bond donors (Lipinski definition) is 3. The molecule has 7 aliphatic rings. The van der Waals surface area contributed by atoms with Crippen molar-refractivity contribution in [2.45, 2.75) is 195 Å². The zero-order valence-corrected chi connectivity index (χ0v) is 38.3. The molecule has 0 aliphatic heterocycles. The Balaban J connectivity index is 1.22. The van der Waals surface area contributed by atoms with Crippen molar-refractivity contribution in [2.24, 2.45) is 69.1 Å². The van der Waals surface area contributed by atoms with Crippen molar-refractivity contribution >= 4 is 0 Å². The molecule has 0 radical (unpaired) electrons. The van der Waals surface area contributed by atoms with Crippen LogP contribution < -0.4 is 16.8 Å². The van der Waals surface area contributed by atoms with Crippen molar-refractivity contribution in [3.05, 3.63) is 88.0 Å². The minimum Gasteiger partial charge on any atom is -0.356 e. The molecule has 2 fully saturated rings. The van der Waals surface area contributed by atoms with Crippen LogP contribution in [0, 0.1) is 57.7 Å².